The topological polar surface area (TPSA) is 65.5 Å². The summed E-state index contributed by atoms with van der Waals surface area (Å²) >= 11 is 3.36. The van der Waals surface area contributed by atoms with Crippen molar-refractivity contribution in [2.24, 2.45) is 4.99 Å². The normalized spacial score (nSPS) is 11.9. The van der Waals surface area contributed by atoms with Gasteiger partial charge in [0.2, 0.25) is 0 Å². The second-order valence-electron chi connectivity index (χ2n) is 5.89. The van der Waals surface area contributed by atoms with Crippen LogP contribution in [0.4, 0.5) is 0 Å². The van der Waals surface area contributed by atoms with E-state index in [-0.39, 0.29) is 35.9 Å². The molecule has 5 nitrogen and oxygen atoms in total. The fourth-order valence-electron chi connectivity index (χ4n) is 2.43. The molecule has 0 aliphatic rings. The average molecular weight is 545 g/mol. The molecule has 0 bridgehead atoms. The third-order valence-electron chi connectivity index (χ3n) is 3.91. The number of benzene rings is 2. The van der Waals surface area contributed by atoms with Crippen molar-refractivity contribution < 1.29 is 4.79 Å². The van der Waals surface area contributed by atoms with Gasteiger partial charge in [-0.1, -0.05) is 46.3 Å². The van der Waals surface area contributed by atoms with Gasteiger partial charge in [0.1, 0.15) is 0 Å². The third kappa shape index (κ3) is 8.30. The maximum atomic E-state index is 12.0. The van der Waals surface area contributed by atoms with E-state index in [0.717, 1.165) is 23.4 Å². The van der Waals surface area contributed by atoms with Crippen LogP contribution in [0.25, 0.3) is 0 Å². The predicted octanol–water partition coefficient (Wildman–Crippen LogP) is 4.11. The molecule has 2 aromatic rings. The number of carbonyl (C=O) groups is 1. The second-order valence-corrected chi connectivity index (χ2v) is 6.81. The minimum atomic E-state index is -0.0577. The molecule has 0 saturated heterocycles. The number of aliphatic imine (C=N–C) groups is 1. The Balaban J connectivity index is 0.00000364. The highest BCUT2D eigenvalue weighted by Gasteiger charge is 2.07. The highest BCUT2D eigenvalue weighted by Crippen LogP contribution is 2.11. The summed E-state index contributed by atoms with van der Waals surface area (Å²) in [6.45, 7) is 3.43. The number of rotatable bonds is 7. The van der Waals surface area contributed by atoms with E-state index in [9.17, 15) is 4.79 Å². The van der Waals surface area contributed by atoms with Crippen LogP contribution in [0.3, 0.4) is 0 Å². The molecule has 7 heteroatoms. The Labute approximate surface area is 186 Å². The van der Waals surface area contributed by atoms with Crippen molar-refractivity contribution in [3.05, 3.63) is 70.2 Å². The summed E-state index contributed by atoms with van der Waals surface area (Å²) in [7, 11) is 1.75. The summed E-state index contributed by atoms with van der Waals surface area (Å²) in [6.07, 6.45) is 0.808. The molecule has 0 radical (unpaired) electrons. The first-order valence-corrected chi connectivity index (χ1v) is 9.45. The maximum Gasteiger partial charge on any atom is 0.251 e. The third-order valence-corrected chi connectivity index (χ3v) is 4.44. The van der Waals surface area contributed by atoms with Crippen molar-refractivity contribution in [1.82, 2.24) is 16.0 Å². The lowest BCUT2D eigenvalue weighted by Crippen LogP contribution is -2.40. The summed E-state index contributed by atoms with van der Waals surface area (Å²) < 4.78 is 0.960. The molecule has 1 unspecified atom stereocenters. The van der Waals surface area contributed by atoms with Gasteiger partial charge in [-0.15, -0.1) is 24.0 Å². The van der Waals surface area contributed by atoms with Crippen molar-refractivity contribution in [3.63, 3.8) is 0 Å². The zero-order valence-electron chi connectivity index (χ0n) is 15.5. The molecule has 0 aliphatic heterocycles. The molecule has 0 aliphatic carbocycles. The lowest BCUT2D eigenvalue weighted by Gasteiger charge is -2.18. The van der Waals surface area contributed by atoms with Gasteiger partial charge in [0.05, 0.1) is 6.04 Å². The van der Waals surface area contributed by atoms with Crippen LogP contribution in [0, 0.1) is 0 Å². The molecule has 2 rings (SSSR count). The fraction of sp³-hybridized carbons (Fsp3) is 0.300. The van der Waals surface area contributed by atoms with Gasteiger partial charge in [-0.25, -0.2) is 0 Å². The molecule has 3 N–H and O–H groups in total. The van der Waals surface area contributed by atoms with E-state index in [1.54, 1.807) is 19.2 Å². The molecule has 1 atom stereocenters. The van der Waals surface area contributed by atoms with Crippen LogP contribution in [0.5, 0.6) is 0 Å². The van der Waals surface area contributed by atoms with Crippen LogP contribution in [0.1, 0.15) is 35.3 Å². The van der Waals surface area contributed by atoms with Crippen LogP contribution in [0.15, 0.2) is 64.1 Å². The quantitative estimate of drug-likeness (QED) is 0.213. The van der Waals surface area contributed by atoms with E-state index in [1.165, 1.54) is 5.56 Å². The molecule has 0 aromatic heterocycles. The van der Waals surface area contributed by atoms with Crippen LogP contribution in [-0.4, -0.2) is 32.0 Å². The van der Waals surface area contributed by atoms with E-state index < -0.39 is 0 Å². The molecule has 2 aromatic carbocycles. The minimum Gasteiger partial charge on any atom is -0.356 e. The Morgan fingerprint density at radius 2 is 1.67 bits per heavy atom. The Morgan fingerprint density at radius 1 is 1.04 bits per heavy atom. The highest BCUT2D eigenvalue weighted by atomic mass is 127. The van der Waals surface area contributed by atoms with Gasteiger partial charge in [-0.05, 0) is 43.2 Å². The van der Waals surface area contributed by atoms with Gasteiger partial charge in [-0.2, -0.15) is 0 Å². The van der Waals surface area contributed by atoms with Gasteiger partial charge in [0, 0.05) is 30.2 Å². The largest absolute Gasteiger partial charge is 0.356 e. The van der Waals surface area contributed by atoms with Crippen molar-refractivity contribution in [2.45, 2.75) is 19.4 Å². The second kappa shape index (κ2) is 12.7. The monoisotopic (exact) mass is 544 g/mol. The Morgan fingerprint density at radius 3 is 2.30 bits per heavy atom. The molecule has 146 valence electrons. The van der Waals surface area contributed by atoms with E-state index >= 15 is 0 Å². The smallest absolute Gasteiger partial charge is 0.251 e. The van der Waals surface area contributed by atoms with E-state index in [2.05, 4.69) is 55.9 Å². The standard InChI is InChI=1S/C20H25BrN4O.HI/c1-15(16-7-4-3-5-8-16)25-20(22-2)24-14-6-13-23-19(26)17-9-11-18(21)12-10-17;/h3-5,7-12,15H,6,13-14H2,1-2H3,(H,23,26)(H2,22,24,25);1H. The average Bonchev–Trinajstić information content (AvgIpc) is 2.67. The van der Waals surface area contributed by atoms with Crippen LogP contribution < -0.4 is 16.0 Å². The molecule has 27 heavy (non-hydrogen) atoms. The number of hydrogen-bond donors (Lipinski definition) is 3. The van der Waals surface area contributed by atoms with Crippen LogP contribution in [0.2, 0.25) is 0 Å². The fourth-order valence-corrected chi connectivity index (χ4v) is 2.69. The first-order valence-electron chi connectivity index (χ1n) is 8.66. The lowest BCUT2D eigenvalue weighted by atomic mass is 10.1. The molecule has 0 heterocycles. The maximum absolute atomic E-state index is 12.0. The summed E-state index contributed by atoms with van der Waals surface area (Å²) in [6, 6.07) is 17.7. The van der Waals surface area contributed by atoms with Gasteiger partial charge in [-0.3, -0.25) is 9.79 Å². The summed E-state index contributed by atoms with van der Waals surface area (Å²) in [5.74, 6) is 0.693. The minimum absolute atomic E-state index is 0. The van der Waals surface area contributed by atoms with Gasteiger partial charge in [0.25, 0.3) is 5.91 Å². The number of carbonyl (C=O) groups excluding carboxylic acids is 1. The summed E-state index contributed by atoms with van der Waals surface area (Å²) in [5.41, 5.74) is 1.87. The van der Waals surface area contributed by atoms with Gasteiger partial charge < -0.3 is 16.0 Å². The van der Waals surface area contributed by atoms with Gasteiger partial charge in [0.15, 0.2) is 5.96 Å². The predicted molar refractivity (Wildman–Crippen MR) is 126 cm³/mol. The summed E-state index contributed by atoms with van der Waals surface area (Å²) in [5, 5.41) is 9.56. The van der Waals surface area contributed by atoms with Crippen LogP contribution in [-0.2, 0) is 0 Å². The number of nitrogens with zero attached hydrogens (tertiary/aromatic N) is 1. The first kappa shape index (κ1) is 23.4. The van der Waals surface area contributed by atoms with Crippen molar-refractivity contribution in [1.29, 1.82) is 0 Å². The van der Waals surface area contributed by atoms with Crippen molar-refractivity contribution >= 4 is 51.8 Å². The number of halogens is 2. The number of guanidine groups is 1. The first-order chi connectivity index (χ1) is 12.6. The highest BCUT2D eigenvalue weighted by molar-refractivity contribution is 14.0. The molecule has 0 saturated carbocycles. The molecular weight excluding hydrogens is 519 g/mol. The molecule has 1 amide bonds. The number of nitrogens with one attached hydrogen (secondary N) is 3. The number of amides is 1. The SMILES string of the molecule is CN=C(NCCCNC(=O)c1ccc(Br)cc1)NC(C)c1ccccc1.I. The number of hydrogen-bond acceptors (Lipinski definition) is 2. The lowest BCUT2D eigenvalue weighted by molar-refractivity contribution is 0.0953. The van der Waals surface area contributed by atoms with Gasteiger partial charge >= 0.3 is 0 Å². The Kier molecular flexibility index (Phi) is 11.0. The molecule has 0 fully saturated rings. The van der Waals surface area contributed by atoms with E-state index in [0.29, 0.717) is 12.1 Å². The summed E-state index contributed by atoms with van der Waals surface area (Å²) in [4.78, 5) is 16.3. The Bertz CT molecular complexity index is 723. The molecule has 0 spiro atoms. The Hall–Kier alpha value is -1.61. The van der Waals surface area contributed by atoms with Crippen molar-refractivity contribution in [2.75, 3.05) is 20.1 Å². The van der Waals surface area contributed by atoms with E-state index in [1.807, 2.05) is 30.3 Å². The van der Waals surface area contributed by atoms with Crippen LogP contribution >= 0.6 is 39.9 Å². The molecular formula is C20H26BrIN4O. The van der Waals surface area contributed by atoms with E-state index in [4.69, 9.17) is 0 Å². The zero-order chi connectivity index (χ0) is 18.8. The zero-order valence-corrected chi connectivity index (χ0v) is 19.5. The van der Waals surface area contributed by atoms with Crippen molar-refractivity contribution in [3.8, 4) is 0 Å².